The third-order valence-corrected chi connectivity index (χ3v) is 4.74. The number of ether oxygens (including phenoxy) is 1. The van der Waals surface area contributed by atoms with Crippen molar-refractivity contribution >= 4 is 5.91 Å². The summed E-state index contributed by atoms with van der Waals surface area (Å²) >= 11 is 0. The van der Waals surface area contributed by atoms with Gasteiger partial charge in [-0.15, -0.1) is 0 Å². The van der Waals surface area contributed by atoms with Gasteiger partial charge in [0.25, 0.3) is 5.91 Å². The Kier molecular flexibility index (Phi) is 6.84. The van der Waals surface area contributed by atoms with E-state index in [0.29, 0.717) is 5.92 Å². The molecule has 0 saturated heterocycles. The number of nitrogens with one attached hydrogen (secondary N) is 1. The van der Waals surface area contributed by atoms with Crippen LogP contribution in [0.5, 0.6) is 5.75 Å². The fourth-order valence-corrected chi connectivity index (χ4v) is 3.21. The number of benzene rings is 2. The SMILES string of the molecule is CC[C@@H](NC(=O)[C@H](C)Oc1ccccc1C(C)C)c1ccc(C)cc1C. The largest absolute Gasteiger partial charge is 0.481 e. The highest BCUT2D eigenvalue weighted by Gasteiger charge is 2.21. The van der Waals surface area contributed by atoms with E-state index in [1.54, 1.807) is 6.92 Å². The summed E-state index contributed by atoms with van der Waals surface area (Å²) in [5.41, 5.74) is 4.72. The molecule has 0 aliphatic carbocycles. The average Bonchev–Trinajstić information content (AvgIpc) is 2.60. The first-order valence-electron chi connectivity index (χ1n) is 9.46. The van der Waals surface area contributed by atoms with E-state index in [4.69, 9.17) is 4.74 Å². The van der Waals surface area contributed by atoms with Gasteiger partial charge in [0.05, 0.1) is 6.04 Å². The molecule has 2 aromatic rings. The second-order valence-corrected chi connectivity index (χ2v) is 7.28. The lowest BCUT2D eigenvalue weighted by Gasteiger charge is -2.23. The Morgan fingerprint density at radius 3 is 2.35 bits per heavy atom. The van der Waals surface area contributed by atoms with Crippen molar-refractivity contribution in [2.45, 2.75) is 66.0 Å². The van der Waals surface area contributed by atoms with Crippen molar-refractivity contribution in [1.82, 2.24) is 5.32 Å². The highest BCUT2D eigenvalue weighted by molar-refractivity contribution is 5.81. The minimum atomic E-state index is -0.547. The minimum absolute atomic E-state index is 0.00510. The van der Waals surface area contributed by atoms with Gasteiger partial charge in [-0.3, -0.25) is 4.79 Å². The summed E-state index contributed by atoms with van der Waals surface area (Å²) in [7, 11) is 0. The molecular formula is C23H31NO2. The van der Waals surface area contributed by atoms with E-state index in [2.05, 4.69) is 64.2 Å². The van der Waals surface area contributed by atoms with Crippen LogP contribution in [0, 0.1) is 13.8 Å². The second-order valence-electron chi connectivity index (χ2n) is 7.28. The van der Waals surface area contributed by atoms with Gasteiger partial charge in [0.1, 0.15) is 5.75 Å². The van der Waals surface area contributed by atoms with E-state index in [1.807, 2.05) is 18.2 Å². The Hall–Kier alpha value is -2.29. The predicted molar refractivity (Wildman–Crippen MR) is 108 cm³/mol. The fourth-order valence-electron chi connectivity index (χ4n) is 3.21. The first-order valence-corrected chi connectivity index (χ1v) is 9.46. The number of rotatable bonds is 7. The maximum absolute atomic E-state index is 12.7. The van der Waals surface area contributed by atoms with Gasteiger partial charge < -0.3 is 10.1 Å². The summed E-state index contributed by atoms with van der Waals surface area (Å²) in [5.74, 6) is 1.04. The van der Waals surface area contributed by atoms with Gasteiger partial charge in [-0.2, -0.15) is 0 Å². The lowest BCUT2D eigenvalue weighted by atomic mass is 9.97. The summed E-state index contributed by atoms with van der Waals surface area (Å²) in [5, 5.41) is 3.15. The maximum atomic E-state index is 12.7. The van der Waals surface area contributed by atoms with Gasteiger partial charge >= 0.3 is 0 Å². The van der Waals surface area contributed by atoms with Crippen LogP contribution in [-0.2, 0) is 4.79 Å². The molecule has 0 radical (unpaired) electrons. The molecular weight excluding hydrogens is 322 g/mol. The number of hydrogen-bond donors (Lipinski definition) is 1. The van der Waals surface area contributed by atoms with Crippen molar-refractivity contribution in [2.24, 2.45) is 0 Å². The fraction of sp³-hybridized carbons (Fsp3) is 0.435. The summed E-state index contributed by atoms with van der Waals surface area (Å²) in [6.07, 6.45) is 0.292. The third-order valence-electron chi connectivity index (χ3n) is 4.74. The Bertz CT molecular complexity index is 752. The van der Waals surface area contributed by atoms with Crippen LogP contribution in [0.2, 0.25) is 0 Å². The number of aryl methyl sites for hydroxylation is 2. The van der Waals surface area contributed by atoms with Gasteiger partial charge in [0.2, 0.25) is 0 Å². The molecule has 26 heavy (non-hydrogen) atoms. The smallest absolute Gasteiger partial charge is 0.261 e. The summed E-state index contributed by atoms with van der Waals surface area (Å²) in [6.45, 7) is 12.3. The lowest BCUT2D eigenvalue weighted by molar-refractivity contribution is -0.128. The zero-order valence-corrected chi connectivity index (χ0v) is 16.8. The Balaban J connectivity index is 2.10. The molecule has 0 unspecified atom stereocenters. The van der Waals surface area contributed by atoms with E-state index in [9.17, 15) is 4.79 Å². The molecule has 0 spiro atoms. The molecule has 0 aliphatic rings. The molecule has 0 saturated carbocycles. The molecule has 3 nitrogen and oxygen atoms in total. The van der Waals surface area contributed by atoms with E-state index in [-0.39, 0.29) is 11.9 Å². The third kappa shape index (κ3) is 4.87. The summed E-state index contributed by atoms with van der Waals surface area (Å²) < 4.78 is 5.99. The van der Waals surface area contributed by atoms with Gasteiger partial charge in [0, 0.05) is 0 Å². The zero-order chi connectivity index (χ0) is 19.3. The molecule has 1 amide bonds. The van der Waals surface area contributed by atoms with Crippen molar-refractivity contribution in [2.75, 3.05) is 0 Å². The molecule has 2 aromatic carbocycles. The molecule has 0 heterocycles. The van der Waals surface area contributed by atoms with Gasteiger partial charge in [0.15, 0.2) is 6.10 Å². The van der Waals surface area contributed by atoms with Crippen molar-refractivity contribution in [3.63, 3.8) is 0 Å². The molecule has 3 heteroatoms. The zero-order valence-electron chi connectivity index (χ0n) is 16.8. The minimum Gasteiger partial charge on any atom is -0.481 e. The predicted octanol–water partition coefficient (Wildman–Crippen LogP) is 5.46. The number of amides is 1. The van der Waals surface area contributed by atoms with Gasteiger partial charge in [-0.05, 0) is 55.9 Å². The molecule has 0 aliphatic heterocycles. The first kappa shape index (κ1) is 20.0. The summed E-state index contributed by atoms with van der Waals surface area (Å²) in [6, 6.07) is 14.3. The molecule has 2 atom stereocenters. The van der Waals surface area contributed by atoms with Crippen molar-refractivity contribution in [3.05, 3.63) is 64.7 Å². The van der Waals surface area contributed by atoms with Gasteiger partial charge in [-0.1, -0.05) is 62.7 Å². The van der Waals surface area contributed by atoms with Gasteiger partial charge in [-0.25, -0.2) is 0 Å². The number of carbonyl (C=O) groups excluding carboxylic acids is 1. The Morgan fingerprint density at radius 1 is 1.04 bits per heavy atom. The van der Waals surface area contributed by atoms with Crippen LogP contribution in [0.1, 0.15) is 68.3 Å². The molecule has 140 valence electrons. The van der Waals surface area contributed by atoms with Crippen molar-refractivity contribution < 1.29 is 9.53 Å². The Morgan fingerprint density at radius 2 is 1.73 bits per heavy atom. The highest BCUT2D eigenvalue weighted by atomic mass is 16.5. The normalized spacial score (nSPS) is 13.3. The van der Waals surface area contributed by atoms with Crippen molar-refractivity contribution in [3.8, 4) is 5.75 Å². The van der Waals surface area contributed by atoms with Crippen LogP contribution in [0.25, 0.3) is 0 Å². The topological polar surface area (TPSA) is 38.3 Å². The average molecular weight is 354 g/mol. The van der Waals surface area contributed by atoms with E-state index in [0.717, 1.165) is 17.7 Å². The summed E-state index contributed by atoms with van der Waals surface area (Å²) in [4.78, 5) is 12.7. The molecule has 0 bridgehead atoms. The van der Waals surface area contributed by atoms with Crippen LogP contribution < -0.4 is 10.1 Å². The van der Waals surface area contributed by atoms with Crippen LogP contribution in [0.3, 0.4) is 0 Å². The van der Waals surface area contributed by atoms with E-state index >= 15 is 0 Å². The van der Waals surface area contributed by atoms with Crippen LogP contribution in [0.4, 0.5) is 0 Å². The second kappa shape index (κ2) is 8.88. The standard InChI is InChI=1S/C23H31NO2/c1-7-21(20-13-12-16(4)14-17(20)5)24-23(25)18(6)26-22-11-9-8-10-19(22)15(2)3/h8-15,18,21H,7H2,1-6H3,(H,24,25)/t18-,21+/m0/s1. The molecule has 0 fully saturated rings. The lowest BCUT2D eigenvalue weighted by Crippen LogP contribution is -2.38. The molecule has 2 rings (SSSR count). The number of carbonyl (C=O) groups is 1. The Labute approximate surface area is 157 Å². The molecule has 1 N–H and O–H groups in total. The maximum Gasteiger partial charge on any atom is 0.261 e. The van der Waals surface area contributed by atoms with E-state index in [1.165, 1.54) is 16.7 Å². The quantitative estimate of drug-likeness (QED) is 0.717. The number of hydrogen-bond acceptors (Lipinski definition) is 2. The van der Waals surface area contributed by atoms with Crippen LogP contribution >= 0.6 is 0 Å². The number of para-hydroxylation sites is 1. The highest BCUT2D eigenvalue weighted by Crippen LogP contribution is 2.27. The monoisotopic (exact) mass is 353 g/mol. The first-order chi connectivity index (χ1) is 12.3. The van der Waals surface area contributed by atoms with Crippen LogP contribution in [-0.4, -0.2) is 12.0 Å². The molecule has 0 aromatic heterocycles. The van der Waals surface area contributed by atoms with E-state index < -0.39 is 6.10 Å². The van der Waals surface area contributed by atoms with Crippen LogP contribution in [0.15, 0.2) is 42.5 Å². The van der Waals surface area contributed by atoms with Crippen molar-refractivity contribution in [1.29, 1.82) is 0 Å².